The molecule has 0 unspecified atom stereocenters. The smallest absolute Gasteiger partial charge is 0.320 e. The molecule has 0 aromatic rings. The molecule has 0 atom stereocenters. The molecule has 96 valence electrons. The van der Waals surface area contributed by atoms with Crippen molar-refractivity contribution in [2.45, 2.75) is 6.42 Å². The number of hydrogen-bond donors (Lipinski definition) is 3. The summed E-state index contributed by atoms with van der Waals surface area (Å²) in [5.41, 5.74) is 0. The molecule has 0 aliphatic heterocycles. The number of rotatable bonds is 8. The topological polar surface area (TPSA) is 130 Å². The molecule has 0 spiro atoms. The van der Waals surface area contributed by atoms with Crippen molar-refractivity contribution in [3.05, 3.63) is 0 Å². The van der Waals surface area contributed by atoms with E-state index in [1.165, 1.54) is 0 Å². The van der Waals surface area contributed by atoms with E-state index < -0.39 is 31.8 Å². The van der Waals surface area contributed by atoms with Gasteiger partial charge < -0.3 is 5.11 Å². The zero-order valence-electron chi connectivity index (χ0n) is 8.63. The van der Waals surface area contributed by atoms with Crippen molar-refractivity contribution in [2.24, 2.45) is 0 Å². The molecule has 0 amide bonds. The summed E-state index contributed by atoms with van der Waals surface area (Å²) < 4.78 is 47.4. The lowest BCUT2D eigenvalue weighted by Gasteiger charge is -2.04. The fourth-order valence-electron chi connectivity index (χ4n) is 0.787. The van der Waals surface area contributed by atoms with Gasteiger partial charge in [0.1, 0.15) is 0 Å². The molecule has 0 aliphatic rings. The molecule has 0 fully saturated rings. The van der Waals surface area contributed by atoms with Crippen LogP contribution >= 0.6 is 0 Å². The summed E-state index contributed by atoms with van der Waals surface area (Å²) in [4.78, 5) is 10.1. The average molecular weight is 274 g/mol. The third kappa shape index (κ3) is 9.83. The second-order valence-electron chi connectivity index (χ2n) is 3.07. The zero-order valence-corrected chi connectivity index (χ0v) is 10.3. The summed E-state index contributed by atoms with van der Waals surface area (Å²) >= 11 is 0. The van der Waals surface area contributed by atoms with Crippen LogP contribution in [0.3, 0.4) is 0 Å². The Kier molecular flexibility index (Phi) is 5.86. The molecule has 3 N–H and O–H groups in total. The Morgan fingerprint density at radius 3 is 2.06 bits per heavy atom. The number of carboxylic acids is 1. The van der Waals surface area contributed by atoms with Crippen LogP contribution in [0, 0.1) is 0 Å². The van der Waals surface area contributed by atoms with Crippen LogP contribution in [0.15, 0.2) is 0 Å². The van der Waals surface area contributed by atoms with Crippen molar-refractivity contribution in [3.8, 4) is 0 Å². The molecule has 8 nitrogen and oxygen atoms in total. The number of aliphatic carboxylic acids is 1. The van der Waals surface area contributed by atoms with Crippen molar-refractivity contribution in [1.82, 2.24) is 9.44 Å². The van der Waals surface area contributed by atoms with Crippen molar-refractivity contribution in [1.29, 1.82) is 0 Å². The minimum absolute atomic E-state index is 0.0157. The second-order valence-corrected chi connectivity index (χ2v) is 6.71. The summed E-state index contributed by atoms with van der Waals surface area (Å²) in [5, 5.41) is 8.25. The minimum Gasteiger partial charge on any atom is -0.480 e. The molecule has 0 radical (unpaired) electrons. The van der Waals surface area contributed by atoms with Gasteiger partial charge in [-0.25, -0.2) is 26.3 Å². The van der Waals surface area contributed by atoms with Gasteiger partial charge >= 0.3 is 5.97 Å². The van der Waals surface area contributed by atoms with Crippen LogP contribution in [0.2, 0.25) is 0 Å². The maximum Gasteiger partial charge on any atom is 0.320 e. The number of carbonyl (C=O) groups is 1. The molecule has 0 saturated heterocycles. The van der Waals surface area contributed by atoms with Crippen LogP contribution < -0.4 is 9.44 Å². The molecule has 0 saturated carbocycles. The summed E-state index contributed by atoms with van der Waals surface area (Å²) in [5.74, 6) is -2.44. The van der Waals surface area contributed by atoms with Gasteiger partial charge in [-0.2, -0.15) is 0 Å². The highest BCUT2D eigenvalue weighted by Gasteiger charge is 2.14. The summed E-state index contributed by atoms with van der Waals surface area (Å²) in [6.07, 6.45) is 1.23. The first-order chi connectivity index (χ1) is 7.12. The maximum absolute atomic E-state index is 11.0. The highest BCUT2D eigenvalue weighted by atomic mass is 32.2. The van der Waals surface area contributed by atoms with Crippen LogP contribution in [-0.4, -0.2) is 53.0 Å². The molecule has 0 aromatic heterocycles. The quantitative estimate of drug-likeness (QED) is 0.436. The molecule has 10 heteroatoms. The van der Waals surface area contributed by atoms with E-state index in [1.807, 2.05) is 4.72 Å². The Bertz CT molecular complexity index is 426. The van der Waals surface area contributed by atoms with Gasteiger partial charge in [-0.3, -0.25) is 4.79 Å². The molecule has 0 aromatic carbocycles. The minimum atomic E-state index is -3.82. The van der Waals surface area contributed by atoms with Gasteiger partial charge in [0.15, 0.2) is 5.75 Å². The Hall–Kier alpha value is -0.710. The van der Waals surface area contributed by atoms with Crippen LogP contribution in [0.1, 0.15) is 6.42 Å². The second kappa shape index (κ2) is 6.13. The monoisotopic (exact) mass is 274 g/mol. The van der Waals surface area contributed by atoms with E-state index in [9.17, 15) is 21.6 Å². The molecule has 0 aliphatic carbocycles. The maximum atomic E-state index is 11.0. The van der Waals surface area contributed by atoms with Crippen LogP contribution in [0.25, 0.3) is 0 Å². The highest BCUT2D eigenvalue weighted by molar-refractivity contribution is 7.90. The van der Waals surface area contributed by atoms with E-state index in [0.29, 0.717) is 0 Å². The third-order valence-electron chi connectivity index (χ3n) is 1.35. The lowest BCUT2D eigenvalue weighted by atomic mass is 10.4. The Balaban J connectivity index is 3.79. The highest BCUT2D eigenvalue weighted by Crippen LogP contribution is 1.85. The molecule has 0 heterocycles. The lowest BCUT2D eigenvalue weighted by molar-refractivity contribution is -0.134. The number of carboxylic acid groups (broad SMARTS) is 1. The van der Waals surface area contributed by atoms with Gasteiger partial charge in [-0.05, 0) is 6.42 Å². The Labute approximate surface area is 94.1 Å². The first-order valence-corrected chi connectivity index (χ1v) is 7.80. The largest absolute Gasteiger partial charge is 0.480 e. The summed E-state index contributed by atoms with van der Waals surface area (Å²) in [7, 11) is -7.10. The lowest BCUT2D eigenvalue weighted by Crippen LogP contribution is -2.32. The van der Waals surface area contributed by atoms with E-state index >= 15 is 0 Å². The molecule has 16 heavy (non-hydrogen) atoms. The van der Waals surface area contributed by atoms with Crippen molar-refractivity contribution < 1.29 is 26.7 Å². The van der Waals surface area contributed by atoms with Crippen LogP contribution in [0.4, 0.5) is 0 Å². The van der Waals surface area contributed by atoms with Gasteiger partial charge in [-0.15, -0.1) is 0 Å². The number of nitrogens with one attached hydrogen (secondary N) is 2. The molecule has 0 rings (SSSR count). The predicted octanol–water partition coefficient (Wildman–Crippen LogP) is -2.07. The van der Waals surface area contributed by atoms with E-state index in [4.69, 9.17) is 5.11 Å². The van der Waals surface area contributed by atoms with E-state index in [1.54, 1.807) is 0 Å². The van der Waals surface area contributed by atoms with Crippen LogP contribution in [-0.2, 0) is 24.8 Å². The Morgan fingerprint density at radius 2 is 1.62 bits per heavy atom. The van der Waals surface area contributed by atoms with E-state index in [-0.39, 0.29) is 19.5 Å². The van der Waals surface area contributed by atoms with Crippen LogP contribution in [0.5, 0.6) is 0 Å². The summed E-state index contributed by atoms with van der Waals surface area (Å²) in [6, 6.07) is 0. The van der Waals surface area contributed by atoms with E-state index in [2.05, 4.69) is 4.72 Å². The van der Waals surface area contributed by atoms with Gasteiger partial charge in [0, 0.05) is 13.1 Å². The van der Waals surface area contributed by atoms with Gasteiger partial charge in [0.2, 0.25) is 20.0 Å². The standard InChI is InChI=1S/C6H14N2O6S2/c1-15(11,12)7-3-2-4-8-16(13,14)5-6(9)10/h7-8H,2-5H2,1H3,(H,9,10). The zero-order chi connectivity index (χ0) is 12.8. The predicted molar refractivity (Wildman–Crippen MR) is 56.9 cm³/mol. The van der Waals surface area contributed by atoms with Gasteiger partial charge in [-0.1, -0.05) is 0 Å². The van der Waals surface area contributed by atoms with Gasteiger partial charge in [0.25, 0.3) is 0 Å². The normalized spacial score (nSPS) is 12.6. The number of hydrogen-bond acceptors (Lipinski definition) is 5. The van der Waals surface area contributed by atoms with Crippen molar-refractivity contribution in [2.75, 3.05) is 25.1 Å². The first kappa shape index (κ1) is 15.3. The average Bonchev–Trinajstić information content (AvgIpc) is 1.98. The fraction of sp³-hybridized carbons (Fsp3) is 0.833. The first-order valence-electron chi connectivity index (χ1n) is 4.26. The summed E-state index contributed by atoms with van der Waals surface area (Å²) in [6.45, 7) is 0.0760. The SMILES string of the molecule is CS(=O)(=O)NCCCNS(=O)(=O)CC(=O)O. The molecular weight excluding hydrogens is 260 g/mol. The fourth-order valence-corrected chi connectivity index (χ4v) is 2.18. The van der Waals surface area contributed by atoms with Crippen molar-refractivity contribution in [3.63, 3.8) is 0 Å². The van der Waals surface area contributed by atoms with Gasteiger partial charge in [0.05, 0.1) is 6.26 Å². The van der Waals surface area contributed by atoms with Crippen molar-refractivity contribution >= 4 is 26.0 Å². The number of sulfonamides is 2. The molecular formula is C6H14N2O6S2. The third-order valence-corrected chi connectivity index (χ3v) is 3.35. The van der Waals surface area contributed by atoms with E-state index in [0.717, 1.165) is 6.26 Å². The Morgan fingerprint density at radius 1 is 1.12 bits per heavy atom. The molecule has 0 bridgehead atoms.